The summed E-state index contributed by atoms with van der Waals surface area (Å²) < 4.78 is 40.5. The number of aliphatic hydroxyl groups excluding tert-OH is 1. The molecule has 0 aliphatic rings. The molecule has 0 saturated carbocycles. The Morgan fingerprint density at radius 3 is 2.16 bits per heavy atom. The van der Waals surface area contributed by atoms with Gasteiger partial charge in [-0.05, 0) is 42.0 Å². The maximum Gasteiger partial charge on any atom is 0.573 e. The second-order valence-corrected chi connectivity index (χ2v) is 6.71. The third-order valence-corrected chi connectivity index (χ3v) is 4.41. The molecule has 0 spiro atoms. The second-order valence-electron chi connectivity index (χ2n) is 6.71. The number of alkyl halides is 3. The van der Waals surface area contributed by atoms with Gasteiger partial charge >= 0.3 is 6.36 Å². The minimum Gasteiger partial charge on any atom is -0.406 e. The van der Waals surface area contributed by atoms with Crippen molar-refractivity contribution in [3.63, 3.8) is 0 Å². The normalized spacial score (nSPS) is 12.0. The first-order chi connectivity index (χ1) is 15.2. The molecule has 0 heterocycles. The lowest BCUT2D eigenvalue weighted by atomic mass is 10.1. The largest absolute Gasteiger partial charge is 0.573 e. The zero-order valence-corrected chi connectivity index (χ0v) is 16.6. The number of halogens is 3. The molecule has 0 radical (unpaired) electrons. The third-order valence-electron chi connectivity index (χ3n) is 4.41. The van der Waals surface area contributed by atoms with Gasteiger partial charge in [0.25, 0.3) is 11.8 Å². The van der Waals surface area contributed by atoms with E-state index in [4.69, 9.17) is 0 Å². The van der Waals surface area contributed by atoms with Crippen LogP contribution < -0.4 is 15.4 Å². The highest BCUT2D eigenvalue weighted by molar-refractivity contribution is 6.08. The van der Waals surface area contributed by atoms with Crippen LogP contribution >= 0.6 is 0 Å². The molecule has 3 aromatic carbocycles. The lowest BCUT2D eigenvalue weighted by molar-refractivity contribution is -0.274. The molecule has 0 saturated heterocycles. The minimum absolute atomic E-state index is 0.193. The van der Waals surface area contributed by atoms with Crippen LogP contribution in [-0.4, -0.2) is 29.8 Å². The molecule has 3 rings (SSSR count). The van der Waals surface area contributed by atoms with Crippen LogP contribution in [0.1, 0.15) is 32.4 Å². The van der Waals surface area contributed by atoms with E-state index >= 15 is 0 Å². The van der Waals surface area contributed by atoms with Crippen molar-refractivity contribution in [2.75, 3.05) is 11.9 Å². The van der Waals surface area contributed by atoms with Gasteiger partial charge in [-0.15, -0.1) is 13.2 Å². The van der Waals surface area contributed by atoms with Crippen molar-refractivity contribution in [3.05, 3.63) is 95.6 Å². The summed E-state index contributed by atoms with van der Waals surface area (Å²) in [5.74, 6) is -1.34. The number of amides is 2. The Kier molecular flexibility index (Phi) is 7.11. The lowest BCUT2D eigenvalue weighted by Gasteiger charge is -2.15. The van der Waals surface area contributed by atoms with E-state index in [1.807, 2.05) is 0 Å². The van der Waals surface area contributed by atoms with E-state index in [2.05, 4.69) is 15.4 Å². The number of benzene rings is 3. The highest BCUT2D eigenvalue weighted by Crippen LogP contribution is 2.24. The molecule has 0 bridgehead atoms. The first kappa shape index (κ1) is 22.8. The molecule has 1 unspecified atom stereocenters. The molecular weight excluding hydrogens is 425 g/mol. The van der Waals surface area contributed by atoms with E-state index < -0.39 is 24.1 Å². The van der Waals surface area contributed by atoms with Crippen molar-refractivity contribution in [1.29, 1.82) is 0 Å². The van der Waals surface area contributed by atoms with Gasteiger partial charge in [0.1, 0.15) is 5.75 Å². The fraction of sp³-hybridized carbons (Fsp3) is 0.130. The van der Waals surface area contributed by atoms with Crippen LogP contribution in [0.5, 0.6) is 5.75 Å². The van der Waals surface area contributed by atoms with Crippen molar-refractivity contribution in [2.24, 2.45) is 0 Å². The first-order valence-electron chi connectivity index (χ1n) is 9.50. The van der Waals surface area contributed by atoms with Crippen molar-refractivity contribution in [2.45, 2.75) is 12.5 Å². The second kappa shape index (κ2) is 9.97. The molecule has 0 aliphatic heterocycles. The average Bonchev–Trinajstić information content (AvgIpc) is 2.77. The Morgan fingerprint density at radius 1 is 0.875 bits per heavy atom. The predicted molar refractivity (Wildman–Crippen MR) is 111 cm³/mol. The van der Waals surface area contributed by atoms with Crippen molar-refractivity contribution < 1.29 is 32.6 Å². The fourth-order valence-corrected chi connectivity index (χ4v) is 2.87. The van der Waals surface area contributed by atoms with Gasteiger partial charge in [0.15, 0.2) is 0 Å². The highest BCUT2D eigenvalue weighted by Gasteiger charge is 2.31. The first-order valence-corrected chi connectivity index (χ1v) is 9.50. The van der Waals surface area contributed by atoms with Crippen molar-refractivity contribution in [1.82, 2.24) is 5.32 Å². The predicted octanol–water partition coefficient (Wildman–Crippen LogP) is 4.30. The molecule has 0 aliphatic carbocycles. The minimum atomic E-state index is -4.81. The Labute approximate surface area is 181 Å². The molecular formula is C23H19F3N2O4. The summed E-state index contributed by atoms with van der Waals surface area (Å²) in [6.07, 6.45) is -5.97. The van der Waals surface area contributed by atoms with E-state index in [1.54, 1.807) is 48.5 Å². The van der Waals surface area contributed by atoms with E-state index in [9.17, 15) is 27.9 Å². The van der Waals surface area contributed by atoms with E-state index in [1.165, 1.54) is 18.2 Å². The average molecular weight is 444 g/mol. The van der Waals surface area contributed by atoms with Crippen LogP contribution in [-0.2, 0) is 0 Å². The summed E-state index contributed by atoms with van der Waals surface area (Å²) in [7, 11) is 0. The maximum atomic E-state index is 12.6. The van der Waals surface area contributed by atoms with E-state index in [0.717, 1.165) is 12.1 Å². The van der Waals surface area contributed by atoms with Gasteiger partial charge in [-0.25, -0.2) is 0 Å². The van der Waals surface area contributed by atoms with Gasteiger partial charge in [0.05, 0.1) is 17.4 Å². The van der Waals surface area contributed by atoms with Crippen molar-refractivity contribution in [3.8, 4) is 5.75 Å². The number of hydrogen-bond donors (Lipinski definition) is 3. The van der Waals surface area contributed by atoms with Gasteiger partial charge in [-0.3, -0.25) is 9.59 Å². The fourth-order valence-electron chi connectivity index (χ4n) is 2.87. The number of ether oxygens (including phenoxy) is 1. The van der Waals surface area contributed by atoms with Crippen LogP contribution in [0.25, 0.3) is 0 Å². The van der Waals surface area contributed by atoms with Gasteiger partial charge in [0.2, 0.25) is 0 Å². The van der Waals surface area contributed by atoms with Crippen LogP contribution in [0.2, 0.25) is 0 Å². The number of carbonyl (C=O) groups is 2. The summed E-state index contributed by atoms with van der Waals surface area (Å²) in [5, 5.41) is 15.5. The number of carbonyl (C=O) groups excluding carboxylic acids is 2. The third kappa shape index (κ3) is 6.32. The topological polar surface area (TPSA) is 87.7 Å². The summed E-state index contributed by atoms with van der Waals surface area (Å²) in [4.78, 5) is 25.0. The Morgan fingerprint density at radius 2 is 1.50 bits per heavy atom. The summed E-state index contributed by atoms with van der Waals surface area (Å²) in [5.41, 5.74) is 1.21. The number of nitrogens with one attached hydrogen (secondary N) is 2. The summed E-state index contributed by atoms with van der Waals surface area (Å²) in [6.45, 7) is -0.195. The molecule has 166 valence electrons. The number of para-hydroxylation sites is 1. The number of anilines is 1. The van der Waals surface area contributed by atoms with Gasteiger partial charge in [-0.2, -0.15) is 0 Å². The van der Waals surface area contributed by atoms with Crippen LogP contribution in [0.4, 0.5) is 18.9 Å². The van der Waals surface area contributed by atoms with Gasteiger partial charge in [-0.1, -0.05) is 42.5 Å². The zero-order chi connectivity index (χ0) is 23.1. The molecule has 1 atom stereocenters. The molecule has 0 fully saturated rings. The number of rotatable bonds is 7. The SMILES string of the molecule is O=C(Nc1ccccc1C(=O)NCC(O)c1ccc(OC(F)(F)F)cc1)c1ccccc1. The number of aliphatic hydroxyl groups is 1. The quantitative estimate of drug-likeness (QED) is 0.507. The smallest absolute Gasteiger partial charge is 0.406 e. The molecule has 3 aromatic rings. The molecule has 2 amide bonds. The Balaban J connectivity index is 1.62. The maximum absolute atomic E-state index is 12.6. The molecule has 0 aromatic heterocycles. The number of hydrogen-bond acceptors (Lipinski definition) is 4. The van der Waals surface area contributed by atoms with Gasteiger partial charge < -0.3 is 20.5 Å². The summed E-state index contributed by atoms with van der Waals surface area (Å²) >= 11 is 0. The molecule has 32 heavy (non-hydrogen) atoms. The standard InChI is InChI=1S/C23H19F3N2O4/c24-23(25,26)32-17-12-10-15(11-13-17)20(29)14-27-22(31)18-8-4-5-9-19(18)28-21(30)16-6-2-1-3-7-16/h1-13,20,29H,14H2,(H,27,31)(H,28,30). The monoisotopic (exact) mass is 444 g/mol. The highest BCUT2D eigenvalue weighted by atomic mass is 19.4. The Bertz CT molecular complexity index is 1070. The molecule has 9 heteroatoms. The lowest BCUT2D eigenvalue weighted by Crippen LogP contribution is -2.29. The van der Waals surface area contributed by atoms with Gasteiger partial charge in [0, 0.05) is 12.1 Å². The summed E-state index contributed by atoms with van der Waals surface area (Å²) in [6, 6.07) is 19.6. The van der Waals surface area contributed by atoms with Crippen LogP contribution in [0, 0.1) is 0 Å². The zero-order valence-electron chi connectivity index (χ0n) is 16.6. The van der Waals surface area contributed by atoms with Crippen molar-refractivity contribution >= 4 is 17.5 Å². The Hall–Kier alpha value is -3.85. The van der Waals surface area contributed by atoms with E-state index in [-0.39, 0.29) is 18.0 Å². The van der Waals surface area contributed by atoms with Crippen LogP contribution in [0.15, 0.2) is 78.9 Å². The molecule has 6 nitrogen and oxygen atoms in total. The van der Waals surface area contributed by atoms with Crippen LogP contribution in [0.3, 0.4) is 0 Å². The molecule has 3 N–H and O–H groups in total. The van der Waals surface area contributed by atoms with E-state index in [0.29, 0.717) is 16.8 Å².